The van der Waals surface area contributed by atoms with Crippen molar-refractivity contribution >= 4 is 5.91 Å². The van der Waals surface area contributed by atoms with Crippen LogP contribution in [0, 0.1) is 45.3 Å². The second-order valence-electron chi connectivity index (χ2n) is 12.0. The molecule has 172 valence electrons. The maximum atomic E-state index is 12.1. The first-order valence-electron chi connectivity index (χ1n) is 12.6. The van der Waals surface area contributed by atoms with Crippen molar-refractivity contribution in [3.63, 3.8) is 0 Å². The Labute approximate surface area is 189 Å². The molecule has 4 aliphatic carbocycles. The normalized spacial score (nSPS) is 42.8. The van der Waals surface area contributed by atoms with E-state index in [1.54, 1.807) is 16.0 Å². The molecule has 7 atom stereocenters. The maximum absolute atomic E-state index is 12.1. The van der Waals surface area contributed by atoms with Crippen LogP contribution in [0.2, 0.25) is 0 Å². The minimum atomic E-state index is -0.380. The fourth-order valence-corrected chi connectivity index (χ4v) is 8.44. The molecule has 0 heterocycles. The smallest absolute Gasteiger partial charge is 0.222 e. The molecule has 4 aliphatic rings. The van der Waals surface area contributed by atoms with E-state index in [0.717, 1.165) is 38.5 Å². The van der Waals surface area contributed by atoms with Crippen molar-refractivity contribution in [1.29, 1.82) is 5.26 Å². The van der Waals surface area contributed by atoms with Gasteiger partial charge in [-0.1, -0.05) is 31.9 Å². The van der Waals surface area contributed by atoms with Crippen LogP contribution in [0.15, 0.2) is 11.1 Å². The van der Waals surface area contributed by atoms with E-state index in [2.05, 4.69) is 26.8 Å². The first-order valence-corrected chi connectivity index (χ1v) is 12.6. The van der Waals surface area contributed by atoms with Gasteiger partial charge in [0.1, 0.15) is 0 Å². The van der Waals surface area contributed by atoms with E-state index < -0.39 is 0 Å². The van der Waals surface area contributed by atoms with E-state index in [0.29, 0.717) is 36.0 Å². The third-order valence-electron chi connectivity index (χ3n) is 10.4. The van der Waals surface area contributed by atoms with Gasteiger partial charge in [-0.05, 0) is 87.4 Å². The molecule has 2 saturated carbocycles. The number of fused-ring (bicyclic) bond motifs is 4. The minimum absolute atomic E-state index is 0.0578. The number of carbonyl (C=O) groups excluding carboxylic acids is 1. The van der Waals surface area contributed by atoms with Gasteiger partial charge in [0.2, 0.25) is 5.91 Å². The predicted molar refractivity (Wildman–Crippen MR) is 123 cm³/mol. The van der Waals surface area contributed by atoms with Gasteiger partial charge in [-0.15, -0.1) is 0 Å². The van der Waals surface area contributed by atoms with Crippen LogP contribution in [0.1, 0.15) is 91.4 Å². The summed E-state index contributed by atoms with van der Waals surface area (Å²) < 4.78 is 0. The molecule has 4 rings (SSSR count). The van der Waals surface area contributed by atoms with Crippen molar-refractivity contribution in [2.24, 2.45) is 34.0 Å². The van der Waals surface area contributed by atoms with Gasteiger partial charge in [0.05, 0.1) is 17.6 Å². The van der Waals surface area contributed by atoms with Gasteiger partial charge in [0.25, 0.3) is 0 Å². The third-order valence-corrected chi connectivity index (χ3v) is 10.4. The fraction of sp³-hybridized carbons (Fsp3) is 0.852. The van der Waals surface area contributed by atoms with Crippen LogP contribution in [0.3, 0.4) is 0 Å². The van der Waals surface area contributed by atoms with Crippen LogP contribution in [0.5, 0.6) is 0 Å². The summed E-state index contributed by atoms with van der Waals surface area (Å²) in [5, 5.41) is 20.6. The van der Waals surface area contributed by atoms with Crippen LogP contribution in [0.4, 0.5) is 0 Å². The Kier molecular flexibility index (Phi) is 5.83. The zero-order chi connectivity index (χ0) is 22.6. The lowest BCUT2D eigenvalue weighted by Crippen LogP contribution is -2.51. The Hall–Kier alpha value is -1.34. The van der Waals surface area contributed by atoms with E-state index in [4.69, 9.17) is 0 Å². The summed E-state index contributed by atoms with van der Waals surface area (Å²) in [4.78, 5) is 13.9. The van der Waals surface area contributed by atoms with Crippen molar-refractivity contribution < 1.29 is 9.90 Å². The van der Waals surface area contributed by atoms with Crippen molar-refractivity contribution in [1.82, 2.24) is 4.90 Å². The minimum Gasteiger partial charge on any atom is -0.393 e. The highest BCUT2D eigenvalue weighted by atomic mass is 16.3. The summed E-state index contributed by atoms with van der Waals surface area (Å²) >= 11 is 0. The van der Waals surface area contributed by atoms with Crippen LogP contribution in [-0.2, 0) is 4.79 Å². The second-order valence-corrected chi connectivity index (χ2v) is 12.0. The third kappa shape index (κ3) is 3.38. The molecule has 1 amide bonds. The van der Waals surface area contributed by atoms with Crippen molar-refractivity contribution in [3.05, 3.63) is 11.1 Å². The first kappa shape index (κ1) is 22.8. The van der Waals surface area contributed by atoms with Crippen molar-refractivity contribution in [2.45, 2.75) is 97.5 Å². The number of amides is 1. The topological polar surface area (TPSA) is 64.3 Å². The number of rotatable bonds is 4. The number of allylic oxidation sites excluding steroid dienone is 2. The van der Waals surface area contributed by atoms with E-state index in [-0.39, 0.29) is 22.8 Å². The highest BCUT2D eigenvalue weighted by molar-refractivity contribution is 5.75. The van der Waals surface area contributed by atoms with Gasteiger partial charge >= 0.3 is 0 Å². The Morgan fingerprint density at radius 1 is 1.19 bits per heavy atom. The molecule has 0 aromatic carbocycles. The molecule has 0 aromatic heterocycles. The highest BCUT2D eigenvalue weighted by Gasteiger charge is 2.60. The molecular formula is C27H42N2O2. The van der Waals surface area contributed by atoms with Crippen LogP contribution >= 0.6 is 0 Å². The van der Waals surface area contributed by atoms with E-state index >= 15 is 0 Å². The van der Waals surface area contributed by atoms with Gasteiger partial charge in [-0.3, -0.25) is 4.79 Å². The summed E-state index contributed by atoms with van der Waals surface area (Å²) in [5.74, 6) is 2.15. The Bertz CT molecular complexity index is 811. The SMILES string of the molecule is CC(CCC(=O)N(C)C)C1CCC2C3=C(CCC21C)C1(C)CCC(O)CC1(C#N)CC3. The number of nitriles is 1. The monoisotopic (exact) mass is 426 g/mol. The number of aliphatic hydroxyl groups is 1. The summed E-state index contributed by atoms with van der Waals surface area (Å²) in [7, 11) is 3.70. The number of hydrogen-bond acceptors (Lipinski definition) is 3. The van der Waals surface area contributed by atoms with E-state index in [1.807, 2.05) is 14.1 Å². The number of nitrogens with zero attached hydrogens (tertiary/aromatic N) is 2. The Morgan fingerprint density at radius 2 is 1.94 bits per heavy atom. The summed E-state index contributed by atoms with van der Waals surface area (Å²) in [6.07, 6.45) is 10.6. The molecular weight excluding hydrogens is 384 g/mol. The van der Waals surface area contributed by atoms with Crippen LogP contribution in [0.25, 0.3) is 0 Å². The summed E-state index contributed by atoms with van der Waals surface area (Å²) in [6.45, 7) is 7.25. The Morgan fingerprint density at radius 3 is 2.61 bits per heavy atom. The van der Waals surface area contributed by atoms with Crippen molar-refractivity contribution in [2.75, 3.05) is 14.1 Å². The van der Waals surface area contributed by atoms with Crippen molar-refractivity contribution in [3.8, 4) is 6.07 Å². The summed E-state index contributed by atoms with van der Waals surface area (Å²) in [6, 6.07) is 2.73. The van der Waals surface area contributed by atoms with Crippen LogP contribution < -0.4 is 0 Å². The zero-order valence-electron chi connectivity index (χ0n) is 20.3. The zero-order valence-corrected chi connectivity index (χ0v) is 20.3. The van der Waals surface area contributed by atoms with E-state index in [9.17, 15) is 15.2 Å². The number of hydrogen-bond donors (Lipinski definition) is 1. The molecule has 0 spiro atoms. The first-order chi connectivity index (χ1) is 14.6. The standard InChI is InChI=1S/C27H42N2O2/c1-18(6-9-24(31)29(4)5)21-7-8-22-20-11-15-27(17-28)16-19(30)10-14-26(27,3)23(20)12-13-25(21,22)2/h18-19,21-22,30H,6-16H2,1-5H3. The number of aliphatic hydroxyl groups excluding tert-OH is 1. The molecule has 0 bridgehead atoms. The molecule has 0 saturated heterocycles. The maximum Gasteiger partial charge on any atom is 0.222 e. The lowest BCUT2D eigenvalue weighted by atomic mass is 9.45. The predicted octanol–water partition coefficient (Wildman–Crippen LogP) is 5.47. The molecule has 2 fully saturated rings. The van der Waals surface area contributed by atoms with Crippen LogP contribution in [-0.4, -0.2) is 36.1 Å². The second kappa shape index (κ2) is 7.91. The number of carbonyl (C=O) groups is 1. The lowest BCUT2D eigenvalue weighted by molar-refractivity contribution is -0.129. The van der Waals surface area contributed by atoms with Gasteiger partial charge in [-0.2, -0.15) is 5.26 Å². The molecule has 31 heavy (non-hydrogen) atoms. The van der Waals surface area contributed by atoms with E-state index in [1.165, 1.54) is 19.3 Å². The average molecular weight is 427 g/mol. The molecule has 0 aromatic rings. The summed E-state index contributed by atoms with van der Waals surface area (Å²) in [5.41, 5.74) is 3.19. The molecule has 4 heteroatoms. The van der Waals surface area contributed by atoms with Gasteiger partial charge in [0, 0.05) is 25.9 Å². The van der Waals surface area contributed by atoms with Gasteiger partial charge < -0.3 is 10.0 Å². The lowest BCUT2D eigenvalue weighted by Gasteiger charge is -2.58. The van der Waals surface area contributed by atoms with Gasteiger partial charge in [-0.25, -0.2) is 0 Å². The highest BCUT2D eigenvalue weighted by Crippen LogP contribution is 2.68. The van der Waals surface area contributed by atoms with Gasteiger partial charge in [0.15, 0.2) is 0 Å². The molecule has 7 unspecified atom stereocenters. The fourth-order valence-electron chi connectivity index (χ4n) is 8.44. The Balaban J connectivity index is 1.59. The quantitative estimate of drug-likeness (QED) is 0.606. The molecule has 4 nitrogen and oxygen atoms in total. The molecule has 0 radical (unpaired) electrons. The largest absolute Gasteiger partial charge is 0.393 e. The average Bonchev–Trinajstić information content (AvgIpc) is 3.09. The molecule has 1 N–H and O–H groups in total. The molecule has 0 aliphatic heterocycles.